The van der Waals surface area contributed by atoms with E-state index in [9.17, 15) is 18.0 Å². The fourth-order valence-electron chi connectivity index (χ4n) is 3.68. The number of benzene rings is 2. The predicted molar refractivity (Wildman–Crippen MR) is 139 cm³/mol. The van der Waals surface area contributed by atoms with Gasteiger partial charge in [-0.2, -0.15) is 0 Å². The zero-order valence-corrected chi connectivity index (χ0v) is 22.3. The largest absolute Gasteiger partial charge is 0.494 e. The molecule has 9 heteroatoms. The molecule has 0 fully saturated rings. The van der Waals surface area contributed by atoms with Gasteiger partial charge in [-0.25, -0.2) is 8.42 Å². The number of anilines is 1. The van der Waals surface area contributed by atoms with Crippen LogP contribution in [0.1, 0.15) is 45.2 Å². The van der Waals surface area contributed by atoms with E-state index in [4.69, 9.17) is 4.74 Å². The van der Waals surface area contributed by atoms with Crippen LogP contribution >= 0.6 is 0 Å². The van der Waals surface area contributed by atoms with Crippen molar-refractivity contribution in [3.8, 4) is 5.75 Å². The van der Waals surface area contributed by atoms with Gasteiger partial charge in [-0.15, -0.1) is 0 Å². The highest BCUT2D eigenvalue weighted by molar-refractivity contribution is 7.92. The third-order valence-corrected chi connectivity index (χ3v) is 6.55. The minimum absolute atomic E-state index is 0.0933. The minimum atomic E-state index is -3.78. The first-order chi connectivity index (χ1) is 16.5. The molecule has 2 amide bonds. The van der Waals surface area contributed by atoms with Crippen LogP contribution in [-0.4, -0.2) is 56.6 Å². The number of sulfonamides is 1. The quantitative estimate of drug-likeness (QED) is 0.478. The van der Waals surface area contributed by atoms with Crippen LogP contribution in [0.3, 0.4) is 0 Å². The van der Waals surface area contributed by atoms with Crippen LogP contribution < -0.4 is 14.4 Å². The van der Waals surface area contributed by atoms with Crippen molar-refractivity contribution >= 4 is 27.5 Å². The molecule has 0 aliphatic rings. The van der Waals surface area contributed by atoms with Crippen molar-refractivity contribution < 1.29 is 22.7 Å². The number of rotatable bonds is 12. The van der Waals surface area contributed by atoms with Gasteiger partial charge in [0.1, 0.15) is 18.3 Å². The Morgan fingerprint density at radius 2 is 1.60 bits per heavy atom. The highest BCUT2D eigenvalue weighted by Gasteiger charge is 2.32. The number of carbonyl (C=O) groups is 2. The van der Waals surface area contributed by atoms with Gasteiger partial charge in [0.15, 0.2) is 0 Å². The number of ether oxygens (including phenoxy) is 1. The monoisotopic (exact) mass is 503 g/mol. The molecule has 8 nitrogen and oxygen atoms in total. The van der Waals surface area contributed by atoms with Gasteiger partial charge in [-0.05, 0) is 63.9 Å². The molecule has 1 atom stereocenters. The first-order valence-corrected chi connectivity index (χ1v) is 13.7. The van der Waals surface area contributed by atoms with Crippen molar-refractivity contribution in [3.05, 3.63) is 59.7 Å². The molecule has 0 aromatic heterocycles. The fraction of sp³-hybridized carbons (Fsp3) is 0.462. The van der Waals surface area contributed by atoms with Crippen LogP contribution in [0.15, 0.2) is 48.5 Å². The third kappa shape index (κ3) is 8.28. The molecule has 0 unspecified atom stereocenters. The van der Waals surface area contributed by atoms with Gasteiger partial charge in [0.25, 0.3) is 0 Å². The van der Waals surface area contributed by atoms with Gasteiger partial charge in [0, 0.05) is 12.6 Å². The molecule has 0 saturated heterocycles. The van der Waals surface area contributed by atoms with E-state index in [0.29, 0.717) is 24.5 Å². The van der Waals surface area contributed by atoms with Crippen LogP contribution in [0, 0.1) is 6.92 Å². The van der Waals surface area contributed by atoms with Crippen molar-refractivity contribution in [2.45, 2.75) is 59.7 Å². The summed E-state index contributed by atoms with van der Waals surface area (Å²) in [7, 11) is -3.78. The topological polar surface area (TPSA) is 96.0 Å². The summed E-state index contributed by atoms with van der Waals surface area (Å²) in [5.74, 6) is -0.126. The third-order valence-electron chi connectivity index (χ3n) is 5.41. The maximum Gasteiger partial charge on any atom is 0.244 e. The molecule has 0 saturated carbocycles. The summed E-state index contributed by atoms with van der Waals surface area (Å²) < 4.78 is 31.8. The van der Waals surface area contributed by atoms with Gasteiger partial charge >= 0.3 is 0 Å². The smallest absolute Gasteiger partial charge is 0.244 e. The Labute approximate surface area is 209 Å². The van der Waals surface area contributed by atoms with E-state index < -0.39 is 28.5 Å². The molecule has 2 rings (SSSR count). The van der Waals surface area contributed by atoms with E-state index in [2.05, 4.69) is 5.32 Å². The molecular formula is C26H37N3O5S. The lowest BCUT2D eigenvalue weighted by atomic mass is 10.1. The van der Waals surface area contributed by atoms with E-state index in [-0.39, 0.29) is 18.5 Å². The van der Waals surface area contributed by atoms with Crippen molar-refractivity contribution in [3.63, 3.8) is 0 Å². The van der Waals surface area contributed by atoms with Crippen molar-refractivity contribution in [2.75, 3.05) is 23.7 Å². The van der Waals surface area contributed by atoms with Gasteiger partial charge in [0.05, 0.1) is 18.6 Å². The van der Waals surface area contributed by atoms with E-state index in [0.717, 1.165) is 21.7 Å². The lowest BCUT2D eigenvalue weighted by molar-refractivity contribution is -0.140. The van der Waals surface area contributed by atoms with Gasteiger partial charge in [0.2, 0.25) is 21.8 Å². The first kappa shape index (κ1) is 28.2. The number of amides is 2. The lowest BCUT2D eigenvalue weighted by Crippen LogP contribution is -2.53. The van der Waals surface area contributed by atoms with Gasteiger partial charge < -0.3 is 15.0 Å². The van der Waals surface area contributed by atoms with Crippen LogP contribution in [0.4, 0.5) is 5.69 Å². The Bertz CT molecular complexity index is 1080. The zero-order valence-electron chi connectivity index (χ0n) is 21.4. The second kappa shape index (κ2) is 12.6. The van der Waals surface area contributed by atoms with Crippen LogP contribution in [0.5, 0.6) is 5.75 Å². The summed E-state index contributed by atoms with van der Waals surface area (Å²) in [4.78, 5) is 28.1. The summed E-state index contributed by atoms with van der Waals surface area (Å²) in [6.07, 6.45) is 1.45. The Balaban J connectivity index is 2.40. The molecule has 2 aromatic rings. The van der Waals surface area contributed by atoms with E-state index in [1.165, 1.54) is 4.90 Å². The molecule has 2 aromatic carbocycles. The van der Waals surface area contributed by atoms with Crippen molar-refractivity contribution in [1.82, 2.24) is 10.2 Å². The Hall–Kier alpha value is -3.07. The molecule has 0 radical (unpaired) electrons. The lowest BCUT2D eigenvalue weighted by Gasteiger charge is -2.33. The molecule has 0 aliphatic carbocycles. The molecule has 0 spiro atoms. The molecule has 1 N–H and O–H groups in total. The molecule has 0 aliphatic heterocycles. The minimum Gasteiger partial charge on any atom is -0.494 e. The van der Waals surface area contributed by atoms with E-state index >= 15 is 0 Å². The molecule has 35 heavy (non-hydrogen) atoms. The van der Waals surface area contributed by atoms with Gasteiger partial charge in [-0.3, -0.25) is 13.9 Å². The van der Waals surface area contributed by atoms with E-state index in [1.807, 2.05) is 58.9 Å². The predicted octanol–water partition coefficient (Wildman–Crippen LogP) is 3.49. The summed E-state index contributed by atoms with van der Waals surface area (Å²) >= 11 is 0. The maximum atomic E-state index is 13.6. The molecular weight excluding hydrogens is 466 g/mol. The standard InChI is InChI=1S/C26H37N3O5S/c1-7-24(26(31)27-19(3)4)28(17-21-11-9-20(5)10-12-21)25(30)18-29(35(6,32)33)22-13-15-23(16-14-22)34-8-2/h9-16,19,24H,7-8,17-18H2,1-6H3,(H,27,31)/t24-/m1/s1. The number of nitrogens with one attached hydrogen (secondary N) is 1. The Morgan fingerprint density at radius 1 is 1.00 bits per heavy atom. The fourth-order valence-corrected chi connectivity index (χ4v) is 4.53. The van der Waals surface area contributed by atoms with Crippen molar-refractivity contribution in [1.29, 1.82) is 0 Å². The molecule has 0 heterocycles. The number of hydrogen-bond donors (Lipinski definition) is 1. The SMILES string of the molecule is CCOc1ccc(N(CC(=O)N(Cc2ccc(C)cc2)[C@H](CC)C(=O)NC(C)C)S(C)(=O)=O)cc1. The molecule has 0 bridgehead atoms. The zero-order chi connectivity index (χ0) is 26.2. The number of carbonyl (C=O) groups excluding carboxylic acids is 2. The summed E-state index contributed by atoms with van der Waals surface area (Å²) in [5, 5.41) is 2.88. The average molecular weight is 504 g/mol. The second-order valence-corrected chi connectivity index (χ2v) is 10.7. The van der Waals surface area contributed by atoms with E-state index in [1.54, 1.807) is 24.3 Å². The average Bonchev–Trinajstić information content (AvgIpc) is 2.78. The van der Waals surface area contributed by atoms with Crippen molar-refractivity contribution in [2.24, 2.45) is 0 Å². The van der Waals surface area contributed by atoms with Crippen LogP contribution in [0.2, 0.25) is 0 Å². The Kier molecular flexibility index (Phi) is 10.1. The summed E-state index contributed by atoms with van der Waals surface area (Å²) in [5.41, 5.74) is 2.28. The summed E-state index contributed by atoms with van der Waals surface area (Å²) in [6, 6.07) is 13.4. The maximum absolute atomic E-state index is 13.6. The normalized spacial score (nSPS) is 12.2. The number of nitrogens with zero attached hydrogens (tertiary/aromatic N) is 2. The number of hydrogen-bond acceptors (Lipinski definition) is 5. The van der Waals surface area contributed by atoms with Crippen LogP contribution in [-0.2, 0) is 26.2 Å². The summed E-state index contributed by atoms with van der Waals surface area (Å²) in [6.45, 7) is 9.62. The Morgan fingerprint density at radius 3 is 2.09 bits per heavy atom. The second-order valence-electron chi connectivity index (χ2n) is 8.79. The first-order valence-electron chi connectivity index (χ1n) is 11.8. The van der Waals surface area contributed by atoms with Gasteiger partial charge in [-0.1, -0.05) is 36.8 Å². The highest BCUT2D eigenvalue weighted by Crippen LogP contribution is 2.23. The molecule has 192 valence electrons. The number of aryl methyl sites for hydroxylation is 1. The highest BCUT2D eigenvalue weighted by atomic mass is 32.2. The van der Waals surface area contributed by atoms with Crippen LogP contribution in [0.25, 0.3) is 0 Å².